The molecule has 0 fully saturated rings. The number of rotatable bonds is 8. The average molecular weight is 671 g/mol. The third-order valence-corrected chi connectivity index (χ3v) is 16.4. The minimum absolute atomic E-state index is 0. The summed E-state index contributed by atoms with van der Waals surface area (Å²) in [4.78, 5) is 0. The summed E-state index contributed by atoms with van der Waals surface area (Å²) in [6.07, 6.45) is 18.0. The van der Waals surface area contributed by atoms with E-state index in [1.165, 1.54) is 31.1 Å². The zero-order valence-corrected chi connectivity index (χ0v) is 27.9. The number of hydrogen-bond donors (Lipinski definition) is 0. The van der Waals surface area contributed by atoms with Gasteiger partial charge in [-0.25, -0.2) is 22.5 Å². The largest absolute Gasteiger partial charge is 4.00 e. The van der Waals surface area contributed by atoms with Gasteiger partial charge in [0.2, 0.25) is 16.6 Å². The standard InChI is InChI=1S/C34H28OSi2.2ClH.Zr/c1-5-17-29(18-6-1)36(33-25-13-14-26-33,30-19-7-2-8-20-30)35-37(34-27-15-16-28-34,31-21-9-3-10-22-31)32-23-11-4-12-24-32;;;/h1-13,15,17-25,27H,14,16H2;2*1H;/q-2;;;+4/p-2. The van der Waals surface area contributed by atoms with Crippen LogP contribution in [0.25, 0.3) is 0 Å². The van der Waals surface area contributed by atoms with Gasteiger partial charge in [-0.3, -0.25) is 12.2 Å². The monoisotopic (exact) mass is 668 g/mol. The summed E-state index contributed by atoms with van der Waals surface area (Å²) in [5, 5.41) is 7.33. The molecule has 1 nitrogen and oxygen atoms in total. The van der Waals surface area contributed by atoms with Gasteiger partial charge < -0.3 is 28.9 Å². The first-order valence-electron chi connectivity index (χ1n) is 12.8. The summed E-state index contributed by atoms with van der Waals surface area (Å²) < 4.78 is 8.11. The van der Waals surface area contributed by atoms with E-state index < -0.39 is 16.6 Å². The molecule has 0 spiro atoms. The summed E-state index contributed by atoms with van der Waals surface area (Å²) in [6, 6.07) is 43.4. The molecular formula is C34H28Cl2OSi2Zr. The van der Waals surface area contributed by atoms with Crippen molar-refractivity contribution < 1.29 is 55.1 Å². The molecule has 0 aliphatic heterocycles. The second-order valence-electron chi connectivity index (χ2n) is 9.32. The molecule has 2 aliphatic carbocycles. The maximum absolute atomic E-state index is 8.11. The normalized spacial score (nSPS) is 13.9. The van der Waals surface area contributed by atoms with Crippen LogP contribution in [0.15, 0.2) is 156 Å². The van der Waals surface area contributed by atoms with Crippen molar-refractivity contribution in [3.63, 3.8) is 0 Å². The van der Waals surface area contributed by atoms with Crippen molar-refractivity contribution in [3.05, 3.63) is 168 Å². The van der Waals surface area contributed by atoms with Gasteiger partial charge in [0.1, 0.15) is 0 Å². The smallest absolute Gasteiger partial charge is 1.00 e. The molecule has 4 aromatic rings. The van der Waals surface area contributed by atoms with E-state index in [2.05, 4.69) is 158 Å². The second-order valence-corrected chi connectivity index (χ2v) is 16.3. The van der Waals surface area contributed by atoms with Crippen LogP contribution in [0, 0.1) is 12.2 Å². The molecule has 0 saturated carbocycles. The Labute approximate surface area is 271 Å². The van der Waals surface area contributed by atoms with Crippen molar-refractivity contribution in [3.8, 4) is 0 Å². The van der Waals surface area contributed by atoms with Crippen LogP contribution in [-0.4, -0.2) is 16.6 Å². The fraction of sp³-hybridized carbons (Fsp3) is 0.0588. The molecule has 40 heavy (non-hydrogen) atoms. The van der Waals surface area contributed by atoms with Crippen LogP contribution in [0.5, 0.6) is 0 Å². The van der Waals surface area contributed by atoms with Crippen LogP contribution in [0.1, 0.15) is 12.8 Å². The van der Waals surface area contributed by atoms with Gasteiger partial charge in [-0.05, 0) is 20.7 Å². The SMILES string of the molecule is [C-]1=C([Si](O[Si](C2=[C-]CC=C2)(c2ccccc2)c2ccccc2)(c2ccccc2)c2ccccc2)C=CC1.[Cl-].[Cl-].[Zr+4]. The Balaban J connectivity index is 0.00000147. The van der Waals surface area contributed by atoms with E-state index in [-0.39, 0.29) is 51.0 Å². The molecule has 0 radical (unpaired) electrons. The number of benzene rings is 4. The van der Waals surface area contributed by atoms with Crippen LogP contribution in [0.3, 0.4) is 0 Å². The Morgan fingerprint density at radius 1 is 0.450 bits per heavy atom. The Morgan fingerprint density at radius 2 is 0.725 bits per heavy atom. The molecule has 0 amide bonds. The van der Waals surface area contributed by atoms with Crippen molar-refractivity contribution in [2.75, 3.05) is 0 Å². The van der Waals surface area contributed by atoms with Crippen molar-refractivity contribution in [1.82, 2.24) is 0 Å². The van der Waals surface area contributed by atoms with Crippen molar-refractivity contribution in [2.45, 2.75) is 12.8 Å². The molecule has 6 heteroatoms. The van der Waals surface area contributed by atoms with Gasteiger partial charge in [0.25, 0.3) is 0 Å². The van der Waals surface area contributed by atoms with Gasteiger partial charge in [-0.2, -0.15) is 12.2 Å². The molecule has 196 valence electrons. The van der Waals surface area contributed by atoms with Gasteiger partial charge in [0, 0.05) is 0 Å². The van der Waals surface area contributed by atoms with Gasteiger partial charge in [0.05, 0.1) is 0 Å². The Hall–Kier alpha value is -2.30. The van der Waals surface area contributed by atoms with Gasteiger partial charge in [-0.15, -0.1) is 12.8 Å². The van der Waals surface area contributed by atoms with Crippen LogP contribution in [0.4, 0.5) is 0 Å². The van der Waals surface area contributed by atoms with E-state index in [0.29, 0.717) is 0 Å². The van der Waals surface area contributed by atoms with Crippen LogP contribution in [-0.2, 0) is 30.3 Å². The van der Waals surface area contributed by atoms with Crippen LogP contribution in [0.2, 0.25) is 0 Å². The molecule has 0 heterocycles. The molecule has 2 aliphatic rings. The second kappa shape index (κ2) is 14.5. The fourth-order valence-electron chi connectivity index (χ4n) is 5.51. The van der Waals surface area contributed by atoms with Crippen molar-refractivity contribution >= 4 is 37.4 Å². The quantitative estimate of drug-likeness (QED) is 0.173. The average Bonchev–Trinajstić information content (AvgIpc) is 3.72. The third-order valence-electron chi connectivity index (χ3n) is 7.18. The molecule has 0 unspecified atom stereocenters. The zero-order valence-electron chi connectivity index (χ0n) is 21.9. The maximum Gasteiger partial charge on any atom is 4.00 e. The van der Waals surface area contributed by atoms with Crippen molar-refractivity contribution in [2.24, 2.45) is 0 Å². The van der Waals surface area contributed by atoms with E-state index in [4.69, 9.17) is 4.12 Å². The predicted octanol–water partition coefficient (Wildman–Crippen LogP) is -1.01. The molecule has 0 aromatic heterocycles. The first-order chi connectivity index (χ1) is 18.3. The Bertz CT molecular complexity index is 1290. The molecule has 4 aromatic carbocycles. The predicted molar refractivity (Wildman–Crippen MR) is 158 cm³/mol. The number of allylic oxidation sites excluding steroid dienone is 8. The third kappa shape index (κ3) is 5.85. The number of hydrogen-bond acceptors (Lipinski definition) is 1. The van der Waals surface area contributed by atoms with Gasteiger partial charge in [0.15, 0.2) is 0 Å². The van der Waals surface area contributed by atoms with E-state index >= 15 is 0 Å². The van der Waals surface area contributed by atoms with E-state index in [0.717, 1.165) is 12.8 Å². The van der Waals surface area contributed by atoms with E-state index in [9.17, 15) is 0 Å². The van der Waals surface area contributed by atoms with E-state index in [1.54, 1.807) is 0 Å². The van der Waals surface area contributed by atoms with Gasteiger partial charge in [-0.1, -0.05) is 121 Å². The van der Waals surface area contributed by atoms with E-state index in [1.807, 2.05) is 0 Å². The van der Waals surface area contributed by atoms with Gasteiger partial charge >= 0.3 is 26.2 Å². The first kappa shape index (κ1) is 32.2. The molecular weight excluding hydrogens is 643 g/mol. The topological polar surface area (TPSA) is 9.23 Å². The minimum atomic E-state index is -3.00. The molecule has 0 bridgehead atoms. The molecule has 0 atom stereocenters. The minimum Gasteiger partial charge on any atom is -1.00 e. The Kier molecular flexibility index (Phi) is 11.7. The summed E-state index contributed by atoms with van der Waals surface area (Å²) in [6.45, 7) is 0. The van der Waals surface area contributed by atoms with Crippen molar-refractivity contribution in [1.29, 1.82) is 0 Å². The molecule has 0 saturated heterocycles. The Morgan fingerprint density at radius 3 is 0.950 bits per heavy atom. The maximum atomic E-state index is 8.11. The molecule has 0 N–H and O–H groups in total. The first-order valence-corrected chi connectivity index (χ1v) is 16.6. The summed E-state index contributed by atoms with van der Waals surface area (Å²) in [5.41, 5.74) is 0. The number of halogens is 2. The fourth-order valence-corrected chi connectivity index (χ4v) is 16.1. The van der Waals surface area contributed by atoms with Crippen LogP contribution < -0.4 is 45.6 Å². The zero-order chi connectivity index (χ0) is 25.0. The molecule has 6 rings (SSSR count). The van der Waals surface area contributed by atoms with Crippen LogP contribution >= 0.6 is 0 Å². The summed E-state index contributed by atoms with van der Waals surface area (Å²) in [5.74, 6) is 0. The summed E-state index contributed by atoms with van der Waals surface area (Å²) >= 11 is 0. The summed E-state index contributed by atoms with van der Waals surface area (Å²) in [7, 11) is -5.99.